The molecule has 0 aliphatic carbocycles. The first-order valence-corrected chi connectivity index (χ1v) is 7.82. The van der Waals surface area contributed by atoms with Crippen LogP contribution in [0.4, 0.5) is 10.2 Å². The molecule has 8 heteroatoms. The Hall–Kier alpha value is -1.25. The topological polar surface area (TPSA) is 79.5 Å². The van der Waals surface area contributed by atoms with Crippen molar-refractivity contribution in [3.63, 3.8) is 0 Å². The van der Waals surface area contributed by atoms with E-state index < -0.39 is 15.8 Å². The van der Waals surface area contributed by atoms with Crippen molar-refractivity contribution < 1.29 is 12.8 Å². The lowest BCUT2D eigenvalue weighted by Crippen LogP contribution is -2.48. The smallest absolute Gasteiger partial charge is 0.211 e. The van der Waals surface area contributed by atoms with Gasteiger partial charge in [-0.2, -0.15) is 4.31 Å². The third-order valence-corrected chi connectivity index (χ3v) is 4.48. The second-order valence-electron chi connectivity index (χ2n) is 4.46. The number of rotatable bonds is 3. The Bertz CT molecular complexity index is 556. The molecule has 19 heavy (non-hydrogen) atoms. The van der Waals surface area contributed by atoms with Crippen molar-refractivity contribution in [2.45, 2.75) is 6.54 Å². The van der Waals surface area contributed by atoms with E-state index in [2.05, 4.69) is 4.98 Å². The van der Waals surface area contributed by atoms with E-state index in [-0.39, 0.29) is 12.4 Å². The SMILES string of the molecule is CS(=O)(=O)N1CCN(c2nccc(CN)c2F)CC1. The number of hydrogen-bond donors (Lipinski definition) is 1. The van der Waals surface area contributed by atoms with Gasteiger partial charge >= 0.3 is 0 Å². The number of piperazine rings is 1. The van der Waals surface area contributed by atoms with E-state index in [0.29, 0.717) is 31.7 Å². The lowest BCUT2D eigenvalue weighted by atomic mass is 10.2. The van der Waals surface area contributed by atoms with Crippen LogP contribution < -0.4 is 10.6 Å². The number of aromatic nitrogens is 1. The molecular weight excluding hydrogens is 271 g/mol. The molecule has 0 radical (unpaired) electrons. The molecule has 0 atom stereocenters. The fourth-order valence-electron chi connectivity index (χ4n) is 2.08. The van der Waals surface area contributed by atoms with Crippen LogP contribution in [0.2, 0.25) is 0 Å². The summed E-state index contributed by atoms with van der Waals surface area (Å²) in [7, 11) is -3.18. The molecule has 1 saturated heterocycles. The molecular formula is C11H17FN4O2S. The van der Waals surface area contributed by atoms with Gasteiger partial charge in [0.05, 0.1) is 6.26 Å². The van der Waals surface area contributed by atoms with Crippen molar-refractivity contribution in [3.05, 3.63) is 23.6 Å². The molecule has 106 valence electrons. The predicted octanol–water partition coefficient (Wildman–Crippen LogP) is -0.239. The third kappa shape index (κ3) is 3.02. The minimum atomic E-state index is -3.18. The number of pyridine rings is 1. The first-order valence-electron chi connectivity index (χ1n) is 5.97. The maximum absolute atomic E-state index is 14.1. The molecule has 0 spiro atoms. The normalized spacial score (nSPS) is 17.7. The van der Waals surface area contributed by atoms with Crippen molar-refractivity contribution in [3.8, 4) is 0 Å². The van der Waals surface area contributed by atoms with Crippen LogP contribution in [-0.2, 0) is 16.6 Å². The summed E-state index contributed by atoms with van der Waals surface area (Å²) in [6, 6.07) is 1.55. The second-order valence-corrected chi connectivity index (χ2v) is 6.44. The summed E-state index contributed by atoms with van der Waals surface area (Å²) in [5.74, 6) is -0.172. The Morgan fingerprint density at radius 1 is 1.37 bits per heavy atom. The summed E-state index contributed by atoms with van der Waals surface area (Å²) in [6.45, 7) is 1.64. The molecule has 0 aromatic carbocycles. The highest BCUT2D eigenvalue weighted by molar-refractivity contribution is 7.88. The molecule has 1 fully saturated rings. The minimum Gasteiger partial charge on any atom is -0.352 e. The summed E-state index contributed by atoms with van der Waals surface area (Å²) in [5, 5.41) is 0. The Morgan fingerprint density at radius 2 is 2.00 bits per heavy atom. The molecule has 2 heterocycles. The van der Waals surface area contributed by atoms with Crippen molar-refractivity contribution in [2.24, 2.45) is 5.73 Å². The van der Waals surface area contributed by atoms with Crippen LogP contribution in [0.1, 0.15) is 5.56 Å². The van der Waals surface area contributed by atoms with E-state index in [1.54, 1.807) is 11.0 Å². The molecule has 1 aromatic heterocycles. The number of nitrogens with two attached hydrogens (primary N) is 1. The average Bonchev–Trinajstić information content (AvgIpc) is 2.38. The highest BCUT2D eigenvalue weighted by atomic mass is 32.2. The molecule has 0 bridgehead atoms. The number of halogens is 1. The van der Waals surface area contributed by atoms with Crippen LogP contribution in [0.5, 0.6) is 0 Å². The summed E-state index contributed by atoms with van der Waals surface area (Å²) in [5.41, 5.74) is 5.87. The Balaban J connectivity index is 2.14. The fraction of sp³-hybridized carbons (Fsp3) is 0.545. The van der Waals surface area contributed by atoms with Crippen LogP contribution in [0.15, 0.2) is 12.3 Å². The highest BCUT2D eigenvalue weighted by Crippen LogP contribution is 2.21. The van der Waals surface area contributed by atoms with Crippen molar-refractivity contribution in [1.29, 1.82) is 0 Å². The number of hydrogen-bond acceptors (Lipinski definition) is 5. The first kappa shape index (κ1) is 14.2. The molecule has 0 saturated carbocycles. The van der Waals surface area contributed by atoms with Crippen LogP contribution in [0.25, 0.3) is 0 Å². The van der Waals surface area contributed by atoms with Crippen LogP contribution in [0, 0.1) is 5.82 Å². The van der Waals surface area contributed by atoms with Crippen LogP contribution >= 0.6 is 0 Å². The summed E-state index contributed by atoms with van der Waals surface area (Å²) in [4.78, 5) is 5.77. The van der Waals surface area contributed by atoms with Crippen LogP contribution in [0.3, 0.4) is 0 Å². The van der Waals surface area contributed by atoms with Crippen LogP contribution in [-0.4, -0.2) is 50.1 Å². The summed E-state index contributed by atoms with van der Waals surface area (Å²) >= 11 is 0. The van der Waals surface area contributed by atoms with E-state index in [9.17, 15) is 12.8 Å². The lowest BCUT2D eigenvalue weighted by molar-refractivity contribution is 0.384. The predicted molar refractivity (Wildman–Crippen MR) is 70.7 cm³/mol. The first-order chi connectivity index (χ1) is 8.93. The van der Waals surface area contributed by atoms with Gasteiger partial charge in [0.15, 0.2) is 11.6 Å². The Kier molecular flexibility index (Phi) is 4.02. The summed E-state index contributed by atoms with van der Waals surface area (Å²) < 4.78 is 38.3. The molecule has 0 amide bonds. The van der Waals surface area contributed by atoms with E-state index in [1.165, 1.54) is 16.8 Å². The monoisotopic (exact) mass is 288 g/mol. The quantitative estimate of drug-likeness (QED) is 0.830. The maximum Gasteiger partial charge on any atom is 0.211 e. The van der Waals surface area contributed by atoms with Crippen molar-refractivity contribution in [2.75, 3.05) is 37.3 Å². The van der Waals surface area contributed by atoms with E-state index in [1.807, 2.05) is 0 Å². The van der Waals surface area contributed by atoms with Crippen molar-refractivity contribution >= 4 is 15.8 Å². The molecule has 2 rings (SSSR count). The number of nitrogens with zero attached hydrogens (tertiary/aromatic N) is 3. The van der Waals surface area contributed by atoms with Crippen molar-refractivity contribution in [1.82, 2.24) is 9.29 Å². The van der Waals surface area contributed by atoms with Gasteiger partial charge < -0.3 is 10.6 Å². The highest BCUT2D eigenvalue weighted by Gasteiger charge is 2.25. The summed E-state index contributed by atoms with van der Waals surface area (Å²) in [6.07, 6.45) is 2.69. The molecule has 0 unspecified atom stereocenters. The maximum atomic E-state index is 14.1. The van der Waals surface area contributed by atoms with E-state index in [0.717, 1.165) is 0 Å². The second kappa shape index (κ2) is 5.40. The number of sulfonamides is 1. The number of anilines is 1. The van der Waals surface area contributed by atoms with Gasteiger partial charge in [-0.3, -0.25) is 0 Å². The van der Waals surface area contributed by atoms with Gasteiger partial charge in [-0.25, -0.2) is 17.8 Å². The van der Waals surface area contributed by atoms with E-state index in [4.69, 9.17) is 5.73 Å². The van der Waals surface area contributed by atoms with Gasteiger partial charge in [0.25, 0.3) is 0 Å². The molecule has 2 N–H and O–H groups in total. The minimum absolute atomic E-state index is 0.116. The van der Waals surface area contributed by atoms with Gasteiger partial charge in [0.1, 0.15) is 0 Å². The van der Waals surface area contributed by atoms with E-state index >= 15 is 0 Å². The van der Waals surface area contributed by atoms with Gasteiger partial charge in [0, 0.05) is 44.5 Å². The zero-order valence-corrected chi connectivity index (χ0v) is 11.5. The molecule has 1 aliphatic heterocycles. The average molecular weight is 288 g/mol. The fourth-order valence-corrected chi connectivity index (χ4v) is 2.91. The van der Waals surface area contributed by atoms with Gasteiger partial charge in [0.2, 0.25) is 10.0 Å². The van der Waals surface area contributed by atoms with Gasteiger partial charge in [-0.05, 0) is 6.07 Å². The zero-order valence-electron chi connectivity index (χ0n) is 10.7. The Morgan fingerprint density at radius 3 is 2.53 bits per heavy atom. The molecule has 1 aliphatic rings. The lowest BCUT2D eigenvalue weighted by Gasteiger charge is -2.34. The third-order valence-electron chi connectivity index (χ3n) is 3.18. The standard InChI is InChI=1S/C11H17FN4O2S/c1-19(17,18)16-6-4-15(5-7-16)11-10(12)9(8-13)2-3-14-11/h2-3H,4-8,13H2,1H3. The largest absolute Gasteiger partial charge is 0.352 e. The zero-order chi connectivity index (χ0) is 14.0. The van der Waals surface area contributed by atoms with Gasteiger partial charge in [-0.15, -0.1) is 0 Å². The molecule has 6 nitrogen and oxygen atoms in total. The molecule has 1 aromatic rings. The van der Waals surface area contributed by atoms with Gasteiger partial charge in [-0.1, -0.05) is 0 Å². The Labute approximate surface area is 112 Å².